The highest BCUT2D eigenvalue weighted by atomic mass is 16.5. The Hall–Kier alpha value is -3.80. The number of para-hydroxylation sites is 1. The lowest BCUT2D eigenvalue weighted by Gasteiger charge is -2.13. The molecule has 0 bridgehead atoms. The molecule has 0 aliphatic heterocycles. The molecule has 3 aromatic rings. The van der Waals surface area contributed by atoms with Gasteiger partial charge in [0.1, 0.15) is 11.5 Å². The van der Waals surface area contributed by atoms with Crippen molar-refractivity contribution in [3.05, 3.63) is 89.0 Å². The SMILES string of the molecule is COc1ccc(CNC(=O)c2ccccc2OCC(=O)Nc2cccc(C)c2C)cc1. The van der Waals surface area contributed by atoms with Gasteiger partial charge in [-0.15, -0.1) is 0 Å². The molecule has 31 heavy (non-hydrogen) atoms. The molecule has 6 heteroatoms. The number of aryl methyl sites for hydroxylation is 1. The molecule has 0 spiro atoms. The van der Waals surface area contributed by atoms with E-state index in [2.05, 4.69) is 10.6 Å². The maximum absolute atomic E-state index is 12.7. The van der Waals surface area contributed by atoms with Crippen LogP contribution in [-0.2, 0) is 11.3 Å². The van der Waals surface area contributed by atoms with Crippen molar-refractivity contribution in [3.63, 3.8) is 0 Å². The Morgan fingerprint density at radius 2 is 1.65 bits per heavy atom. The molecular weight excluding hydrogens is 392 g/mol. The summed E-state index contributed by atoms with van der Waals surface area (Å²) in [5, 5.41) is 5.73. The van der Waals surface area contributed by atoms with E-state index in [1.807, 2.05) is 56.3 Å². The maximum Gasteiger partial charge on any atom is 0.262 e. The first-order valence-electron chi connectivity index (χ1n) is 9.97. The largest absolute Gasteiger partial charge is 0.497 e. The Morgan fingerprint density at radius 1 is 0.903 bits per heavy atom. The van der Waals surface area contributed by atoms with Crippen molar-refractivity contribution in [2.45, 2.75) is 20.4 Å². The van der Waals surface area contributed by atoms with E-state index in [0.717, 1.165) is 28.1 Å². The van der Waals surface area contributed by atoms with Crippen LogP contribution in [0, 0.1) is 13.8 Å². The molecule has 2 N–H and O–H groups in total. The summed E-state index contributed by atoms with van der Waals surface area (Å²) in [5.41, 5.74) is 4.17. The summed E-state index contributed by atoms with van der Waals surface area (Å²) in [6, 6.07) is 20.0. The third kappa shape index (κ3) is 5.85. The van der Waals surface area contributed by atoms with Gasteiger partial charge in [0.25, 0.3) is 11.8 Å². The molecule has 0 atom stereocenters. The van der Waals surface area contributed by atoms with Crippen LogP contribution in [0.4, 0.5) is 5.69 Å². The van der Waals surface area contributed by atoms with Gasteiger partial charge in [-0.3, -0.25) is 9.59 Å². The number of ether oxygens (including phenoxy) is 2. The summed E-state index contributed by atoms with van der Waals surface area (Å²) in [5.74, 6) is 0.544. The van der Waals surface area contributed by atoms with Gasteiger partial charge in [-0.05, 0) is 60.9 Å². The van der Waals surface area contributed by atoms with Crippen LogP contribution in [-0.4, -0.2) is 25.5 Å². The number of carbonyl (C=O) groups excluding carboxylic acids is 2. The standard InChI is InChI=1S/C25H26N2O4/c1-17-7-6-9-22(18(17)2)27-24(28)16-31-23-10-5-4-8-21(23)25(29)26-15-19-11-13-20(30-3)14-12-19/h4-14H,15-16H2,1-3H3,(H,26,29)(H,27,28). The fourth-order valence-corrected chi connectivity index (χ4v) is 3.02. The minimum atomic E-state index is -0.290. The second-order valence-electron chi connectivity index (χ2n) is 7.11. The minimum absolute atomic E-state index is 0.198. The smallest absolute Gasteiger partial charge is 0.262 e. The normalized spacial score (nSPS) is 10.3. The van der Waals surface area contributed by atoms with Crippen LogP contribution in [0.2, 0.25) is 0 Å². The third-order valence-corrected chi connectivity index (χ3v) is 4.98. The summed E-state index contributed by atoms with van der Waals surface area (Å²) in [4.78, 5) is 25.0. The molecule has 0 aliphatic carbocycles. The highest BCUT2D eigenvalue weighted by Gasteiger charge is 2.14. The van der Waals surface area contributed by atoms with Gasteiger partial charge in [-0.25, -0.2) is 0 Å². The van der Waals surface area contributed by atoms with Gasteiger partial charge in [0.15, 0.2) is 6.61 Å². The number of amides is 2. The van der Waals surface area contributed by atoms with Crippen molar-refractivity contribution >= 4 is 17.5 Å². The Balaban J connectivity index is 1.59. The highest BCUT2D eigenvalue weighted by Crippen LogP contribution is 2.20. The Kier molecular flexibility index (Phi) is 7.27. The van der Waals surface area contributed by atoms with Crippen LogP contribution in [0.15, 0.2) is 66.7 Å². The topological polar surface area (TPSA) is 76.7 Å². The second-order valence-corrected chi connectivity index (χ2v) is 7.11. The third-order valence-electron chi connectivity index (χ3n) is 4.98. The molecule has 3 rings (SSSR count). The highest BCUT2D eigenvalue weighted by molar-refractivity contribution is 5.97. The molecule has 0 fully saturated rings. The van der Waals surface area contributed by atoms with Crippen LogP contribution in [0.5, 0.6) is 11.5 Å². The van der Waals surface area contributed by atoms with Gasteiger partial charge in [0, 0.05) is 12.2 Å². The zero-order valence-corrected chi connectivity index (χ0v) is 17.9. The van der Waals surface area contributed by atoms with Crippen LogP contribution < -0.4 is 20.1 Å². The van der Waals surface area contributed by atoms with Crippen LogP contribution in [0.3, 0.4) is 0 Å². The van der Waals surface area contributed by atoms with E-state index < -0.39 is 0 Å². The molecule has 0 saturated carbocycles. The minimum Gasteiger partial charge on any atom is -0.497 e. The molecule has 2 amide bonds. The van der Waals surface area contributed by atoms with Crippen LogP contribution >= 0.6 is 0 Å². The van der Waals surface area contributed by atoms with E-state index in [-0.39, 0.29) is 18.4 Å². The number of hydrogen-bond donors (Lipinski definition) is 2. The zero-order chi connectivity index (χ0) is 22.2. The maximum atomic E-state index is 12.7. The van der Waals surface area contributed by atoms with Crippen molar-refractivity contribution in [1.29, 1.82) is 0 Å². The first-order chi connectivity index (χ1) is 15.0. The average molecular weight is 418 g/mol. The van der Waals surface area contributed by atoms with Crippen LogP contribution in [0.25, 0.3) is 0 Å². The Bertz CT molecular complexity index is 1060. The number of hydrogen-bond acceptors (Lipinski definition) is 4. The molecular formula is C25H26N2O4. The van der Waals surface area contributed by atoms with Crippen molar-refractivity contribution in [2.75, 3.05) is 19.0 Å². The van der Waals surface area contributed by atoms with E-state index >= 15 is 0 Å². The molecule has 0 saturated heterocycles. The summed E-state index contributed by atoms with van der Waals surface area (Å²) >= 11 is 0. The number of carbonyl (C=O) groups is 2. The molecule has 0 aliphatic rings. The summed E-state index contributed by atoms with van der Waals surface area (Å²) < 4.78 is 10.8. The number of benzene rings is 3. The predicted octanol–water partition coefficient (Wildman–Crippen LogP) is 4.26. The lowest BCUT2D eigenvalue weighted by molar-refractivity contribution is -0.118. The lowest BCUT2D eigenvalue weighted by atomic mass is 10.1. The first kappa shape index (κ1) is 21.9. The van der Waals surface area contributed by atoms with Gasteiger partial charge < -0.3 is 20.1 Å². The molecule has 160 valence electrons. The van der Waals surface area contributed by atoms with Crippen molar-refractivity contribution < 1.29 is 19.1 Å². The second kappa shape index (κ2) is 10.3. The van der Waals surface area contributed by atoms with E-state index in [9.17, 15) is 9.59 Å². The first-order valence-corrected chi connectivity index (χ1v) is 9.97. The van der Waals surface area contributed by atoms with Gasteiger partial charge in [0.05, 0.1) is 12.7 Å². The number of methoxy groups -OCH3 is 1. The molecule has 3 aromatic carbocycles. The molecule has 0 aromatic heterocycles. The number of anilines is 1. The Morgan fingerprint density at radius 3 is 2.39 bits per heavy atom. The predicted molar refractivity (Wildman–Crippen MR) is 121 cm³/mol. The van der Waals surface area contributed by atoms with E-state index in [4.69, 9.17) is 9.47 Å². The zero-order valence-electron chi connectivity index (χ0n) is 17.9. The monoisotopic (exact) mass is 418 g/mol. The number of nitrogens with one attached hydrogen (secondary N) is 2. The lowest BCUT2D eigenvalue weighted by Crippen LogP contribution is -2.25. The van der Waals surface area contributed by atoms with Crippen molar-refractivity contribution in [1.82, 2.24) is 5.32 Å². The van der Waals surface area contributed by atoms with E-state index in [1.165, 1.54) is 0 Å². The fraction of sp³-hybridized carbons (Fsp3) is 0.200. The summed E-state index contributed by atoms with van der Waals surface area (Å²) in [6.07, 6.45) is 0. The molecule has 0 heterocycles. The fourth-order valence-electron chi connectivity index (χ4n) is 3.02. The quantitative estimate of drug-likeness (QED) is 0.573. The van der Waals surface area contributed by atoms with Gasteiger partial charge in [-0.2, -0.15) is 0 Å². The van der Waals surface area contributed by atoms with Gasteiger partial charge in [-0.1, -0.05) is 36.4 Å². The Labute approximate surface area is 182 Å². The van der Waals surface area contributed by atoms with E-state index in [1.54, 1.807) is 31.4 Å². The summed E-state index contributed by atoms with van der Waals surface area (Å²) in [7, 11) is 1.61. The number of rotatable bonds is 8. The van der Waals surface area contributed by atoms with Crippen molar-refractivity contribution in [3.8, 4) is 11.5 Å². The summed E-state index contributed by atoms with van der Waals surface area (Å²) in [6.45, 7) is 4.11. The van der Waals surface area contributed by atoms with Crippen molar-refractivity contribution in [2.24, 2.45) is 0 Å². The average Bonchev–Trinajstić information content (AvgIpc) is 2.79. The molecule has 0 radical (unpaired) electrons. The van der Waals surface area contributed by atoms with E-state index in [0.29, 0.717) is 17.9 Å². The van der Waals surface area contributed by atoms with Gasteiger partial charge >= 0.3 is 0 Å². The molecule has 0 unspecified atom stereocenters. The molecule has 6 nitrogen and oxygen atoms in total. The van der Waals surface area contributed by atoms with Crippen LogP contribution in [0.1, 0.15) is 27.0 Å². The van der Waals surface area contributed by atoms with Gasteiger partial charge in [0.2, 0.25) is 0 Å².